The molecule has 0 radical (unpaired) electrons. The van der Waals surface area contributed by atoms with Gasteiger partial charge in [0.15, 0.2) is 0 Å². The molecular formula is C13H13BrN2. The summed E-state index contributed by atoms with van der Waals surface area (Å²) in [5.74, 6) is 0. The van der Waals surface area contributed by atoms with Crippen LogP contribution in [0.1, 0.15) is 5.56 Å². The summed E-state index contributed by atoms with van der Waals surface area (Å²) in [5, 5.41) is 3.34. The highest BCUT2D eigenvalue weighted by molar-refractivity contribution is 9.10. The second-order valence-corrected chi connectivity index (χ2v) is 4.39. The quantitative estimate of drug-likeness (QED) is 0.840. The molecule has 0 aliphatic heterocycles. The number of nitrogens with one attached hydrogen (secondary N) is 1. The van der Waals surface area contributed by atoms with E-state index in [2.05, 4.69) is 21.2 Å². The van der Waals surface area contributed by atoms with Crippen LogP contribution in [0.2, 0.25) is 0 Å². The van der Waals surface area contributed by atoms with E-state index >= 15 is 0 Å². The first-order valence-corrected chi connectivity index (χ1v) is 5.88. The van der Waals surface area contributed by atoms with E-state index in [1.165, 1.54) is 0 Å². The van der Waals surface area contributed by atoms with Crippen LogP contribution in [0.15, 0.2) is 53.0 Å². The highest BCUT2D eigenvalue weighted by atomic mass is 79.9. The lowest BCUT2D eigenvalue weighted by Gasteiger charge is -2.09. The molecule has 2 rings (SSSR count). The van der Waals surface area contributed by atoms with E-state index in [4.69, 9.17) is 5.73 Å². The molecule has 2 nitrogen and oxygen atoms in total. The first-order valence-electron chi connectivity index (χ1n) is 5.09. The summed E-state index contributed by atoms with van der Waals surface area (Å²) in [6, 6.07) is 15.9. The number of para-hydroxylation sites is 2. The number of benzene rings is 2. The summed E-state index contributed by atoms with van der Waals surface area (Å²) in [4.78, 5) is 0. The highest BCUT2D eigenvalue weighted by Crippen LogP contribution is 2.22. The SMILES string of the molecule is Nc1ccccc1CNc1ccccc1Br. The van der Waals surface area contributed by atoms with Crippen LogP contribution >= 0.6 is 15.9 Å². The molecule has 3 N–H and O–H groups in total. The second kappa shape index (κ2) is 5.03. The van der Waals surface area contributed by atoms with Gasteiger partial charge in [0.1, 0.15) is 0 Å². The van der Waals surface area contributed by atoms with Crippen LogP contribution in [-0.4, -0.2) is 0 Å². The molecule has 0 saturated carbocycles. The third-order valence-electron chi connectivity index (χ3n) is 2.40. The molecule has 82 valence electrons. The lowest BCUT2D eigenvalue weighted by Crippen LogP contribution is -2.02. The average Bonchev–Trinajstić information content (AvgIpc) is 2.30. The van der Waals surface area contributed by atoms with E-state index in [0.29, 0.717) is 0 Å². The van der Waals surface area contributed by atoms with Gasteiger partial charge in [-0.2, -0.15) is 0 Å². The Kier molecular flexibility index (Phi) is 3.47. The van der Waals surface area contributed by atoms with Gasteiger partial charge in [-0.25, -0.2) is 0 Å². The molecule has 0 spiro atoms. The molecule has 0 amide bonds. The van der Waals surface area contributed by atoms with Crippen molar-refractivity contribution in [1.82, 2.24) is 0 Å². The molecule has 0 atom stereocenters. The predicted molar refractivity (Wildman–Crippen MR) is 72.3 cm³/mol. The van der Waals surface area contributed by atoms with E-state index in [1.807, 2.05) is 48.5 Å². The number of anilines is 2. The van der Waals surface area contributed by atoms with Crippen molar-refractivity contribution in [2.45, 2.75) is 6.54 Å². The fraction of sp³-hybridized carbons (Fsp3) is 0.0769. The third-order valence-corrected chi connectivity index (χ3v) is 3.09. The van der Waals surface area contributed by atoms with Gasteiger partial charge in [0.25, 0.3) is 0 Å². The number of nitrogen functional groups attached to an aromatic ring is 1. The molecule has 16 heavy (non-hydrogen) atoms. The number of hydrogen-bond donors (Lipinski definition) is 2. The molecule has 0 saturated heterocycles. The molecule has 0 bridgehead atoms. The Hall–Kier alpha value is -1.48. The second-order valence-electron chi connectivity index (χ2n) is 3.53. The van der Waals surface area contributed by atoms with E-state index < -0.39 is 0 Å². The Morgan fingerprint density at radius 3 is 2.44 bits per heavy atom. The Bertz CT molecular complexity index is 437. The van der Waals surface area contributed by atoms with Gasteiger partial charge in [0.2, 0.25) is 0 Å². The maximum atomic E-state index is 5.87. The summed E-state index contributed by atoms with van der Waals surface area (Å²) in [6.07, 6.45) is 0. The Labute approximate surface area is 104 Å². The van der Waals surface area contributed by atoms with Gasteiger partial charge in [0, 0.05) is 22.4 Å². The molecule has 0 heterocycles. The van der Waals surface area contributed by atoms with Gasteiger partial charge in [-0.3, -0.25) is 0 Å². The average molecular weight is 277 g/mol. The van der Waals surface area contributed by atoms with Crippen LogP contribution < -0.4 is 11.1 Å². The zero-order chi connectivity index (χ0) is 11.4. The van der Waals surface area contributed by atoms with Gasteiger partial charge in [0.05, 0.1) is 0 Å². The molecular weight excluding hydrogens is 264 g/mol. The molecule has 2 aromatic rings. The fourth-order valence-corrected chi connectivity index (χ4v) is 1.92. The summed E-state index contributed by atoms with van der Waals surface area (Å²) in [6.45, 7) is 0.731. The lowest BCUT2D eigenvalue weighted by molar-refractivity contribution is 1.15. The summed E-state index contributed by atoms with van der Waals surface area (Å²) < 4.78 is 1.06. The highest BCUT2D eigenvalue weighted by Gasteiger charge is 2.00. The van der Waals surface area contributed by atoms with Gasteiger partial charge in [-0.15, -0.1) is 0 Å². The van der Waals surface area contributed by atoms with Crippen molar-refractivity contribution in [3.8, 4) is 0 Å². The normalized spacial score (nSPS) is 10.1. The minimum absolute atomic E-state index is 0.731. The Morgan fingerprint density at radius 2 is 1.69 bits per heavy atom. The Morgan fingerprint density at radius 1 is 1.00 bits per heavy atom. The van der Waals surface area contributed by atoms with Crippen LogP contribution in [0.25, 0.3) is 0 Å². The minimum atomic E-state index is 0.731. The smallest absolute Gasteiger partial charge is 0.0487 e. The van der Waals surface area contributed by atoms with Crippen molar-refractivity contribution in [1.29, 1.82) is 0 Å². The van der Waals surface area contributed by atoms with E-state index in [-0.39, 0.29) is 0 Å². The molecule has 3 heteroatoms. The molecule has 0 aromatic heterocycles. The maximum Gasteiger partial charge on any atom is 0.0487 e. The summed E-state index contributed by atoms with van der Waals surface area (Å²) in [5.41, 5.74) is 8.88. The topological polar surface area (TPSA) is 38.0 Å². The summed E-state index contributed by atoms with van der Waals surface area (Å²) >= 11 is 3.49. The predicted octanol–water partition coefficient (Wildman–Crippen LogP) is 3.64. The standard InChI is InChI=1S/C13H13BrN2/c14-11-6-2-4-8-13(11)16-9-10-5-1-3-7-12(10)15/h1-8,16H,9,15H2. The number of rotatable bonds is 3. The van der Waals surface area contributed by atoms with Gasteiger partial charge < -0.3 is 11.1 Å². The zero-order valence-corrected chi connectivity index (χ0v) is 10.4. The van der Waals surface area contributed by atoms with Crippen LogP contribution in [0, 0.1) is 0 Å². The van der Waals surface area contributed by atoms with Gasteiger partial charge in [-0.1, -0.05) is 30.3 Å². The number of hydrogen-bond acceptors (Lipinski definition) is 2. The van der Waals surface area contributed by atoms with Crippen LogP contribution in [0.3, 0.4) is 0 Å². The largest absolute Gasteiger partial charge is 0.398 e. The van der Waals surface area contributed by atoms with Gasteiger partial charge in [-0.05, 0) is 39.7 Å². The number of halogens is 1. The van der Waals surface area contributed by atoms with Crippen molar-refractivity contribution < 1.29 is 0 Å². The third kappa shape index (κ3) is 2.55. The van der Waals surface area contributed by atoms with Crippen molar-refractivity contribution in [2.24, 2.45) is 0 Å². The van der Waals surface area contributed by atoms with Crippen molar-refractivity contribution in [3.05, 3.63) is 58.6 Å². The van der Waals surface area contributed by atoms with E-state index in [0.717, 1.165) is 28.0 Å². The fourth-order valence-electron chi connectivity index (χ4n) is 1.49. The van der Waals surface area contributed by atoms with E-state index in [9.17, 15) is 0 Å². The zero-order valence-electron chi connectivity index (χ0n) is 8.78. The monoisotopic (exact) mass is 276 g/mol. The van der Waals surface area contributed by atoms with Crippen molar-refractivity contribution in [3.63, 3.8) is 0 Å². The first kappa shape index (κ1) is 11.0. The maximum absolute atomic E-state index is 5.87. The van der Waals surface area contributed by atoms with Crippen molar-refractivity contribution in [2.75, 3.05) is 11.1 Å². The Balaban J connectivity index is 2.09. The van der Waals surface area contributed by atoms with Crippen molar-refractivity contribution >= 4 is 27.3 Å². The molecule has 0 aliphatic rings. The van der Waals surface area contributed by atoms with Crippen LogP contribution in [0.4, 0.5) is 11.4 Å². The lowest BCUT2D eigenvalue weighted by atomic mass is 10.2. The first-order chi connectivity index (χ1) is 7.77. The van der Waals surface area contributed by atoms with Crippen LogP contribution in [-0.2, 0) is 6.54 Å². The number of nitrogens with two attached hydrogens (primary N) is 1. The molecule has 0 unspecified atom stereocenters. The minimum Gasteiger partial charge on any atom is -0.398 e. The summed E-state index contributed by atoms with van der Waals surface area (Å²) in [7, 11) is 0. The van der Waals surface area contributed by atoms with E-state index in [1.54, 1.807) is 0 Å². The molecule has 0 fully saturated rings. The molecule has 2 aromatic carbocycles. The van der Waals surface area contributed by atoms with Gasteiger partial charge >= 0.3 is 0 Å². The molecule has 0 aliphatic carbocycles. The van der Waals surface area contributed by atoms with Crippen LogP contribution in [0.5, 0.6) is 0 Å².